The van der Waals surface area contributed by atoms with Gasteiger partial charge in [0.15, 0.2) is 5.69 Å². The van der Waals surface area contributed by atoms with Crippen molar-refractivity contribution >= 4 is 11.8 Å². The molecule has 2 aromatic carbocycles. The van der Waals surface area contributed by atoms with Crippen LogP contribution in [0.2, 0.25) is 0 Å². The Morgan fingerprint density at radius 3 is 2.25 bits per heavy atom. The second-order valence-corrected chi connectivity index (χ2v) is 8.23. The van der Waals surface area contributed by atoms with Crippen molar-refractivity contribution in [3.8, 4) is 0 Å². The van der Waals surface area contributed by atoms with E-state index >= 15 is 0 Å². The first-order valence-electron chi connectivity index (χ1n) is 10.8. The minimum absolute atomic E-state index is 0.00140. The van der Waals surface area contributed by atoms with Gasteiger partial charge in [-0.15, -0.1) is 5.10 Å². The fourth-order valence-electron chi connectivity index (χ4n) is 4.19. The summed E-state index contributed by atoms with van der Waals surface area (Å²) in [6.45, 7) is 4.74. The maximum absolute atomic E-state index is 13.1. The second kappa shape index (κ2) is 8.55. The number of fused-ring (bicyclic) bond motifs is 1. The molecular formula is C24H25N5O3. The molecular weight excluding hydrogens is 406 g/mol. The quantitative estimate of drug-likeness (QED) is 0.636. The normalized spacial score (nSPS) is 18.3. The molecule has 0 unspecified atom stereocenters. The number of aryl methyl sites for hydroxylation is 1. The van der Waals surface area contributed by atoms with Gasteiger partial charge >= 0.3 is 0 Å². The average Bonchev–Trinajstić information content (AvgIpc) is 3.27. The van der Waals surface area contributed by atoms with E-state index in [1.54, 1.807) is 14.5 Å². The lowest BCUT2D eigenvalue weighted by Crippen LogP contribution is -2.50. The summed E-state index contributed by atoms with van der Waals surface area (Å²) in [5.41, 5.74) is 3.92. The van der Waals surface area contributed by atoms with Crippen LogP contribution in [0.3, 0.4) is 0 Å². The first kappa shape index (κ1) is 20.4. The molecule has 32 heavy (non-hydrogen) atoms. The van der Waals surface area contributed by atoms with Crippen LogP contribution in [0.4, 0.5) is 0 Å². The highest BCUT2D eigenvalue weighted by atomic mass is 16.5. The van der Waals surface area contributed by atoms with Crippen LogP contribution in [0, 0.1) is 6.92 Å². The molecule has 0 radical (unpaired) electrons. The highest BCUT2D eigenvalue weighted by molar-refractivity contribution is 5.95. The fraction of sp³-hybridized carbons (Fsp3) is 0.333. The van der Waals surface area contributed by atoms with E-state index in [-0.39, 0.29) is 17.9 Å². The number of rotatable bonds is 3. The van der Waals surface area contributed by atoms with Crippen molar-refractivity contribution in [1.29, 1.82) is 0 Å². The largest absolute Gasteiger partial charge is 0.365 e. The Balaban J connectivity index is 1.23. The molecule has 0 N–H and O–H groups in total. The molecule has 1 saturated heterocycles. The zero-order valence-electron chi connectivity index (χ0n) is 18.0. The van der Waals surface area contributed by atoms with E-state index in [1.807, 2.05) is 61.5 Å². The summed E-state index contributed by atoms with van der Waals surface area (Å²) in [5.74, 6) is -0.158. The number of hydrogen-bond donors (Lipinski definition) is 0. The molecule has 2 aliphatic rings. The predicted molar refractivity (Wildman–Crippen MR) is 117 cm³/mol. The number of aromatic nitrogens is 3. The van der Waals surface area contributed by atoms with Gasteiger partial charge in [-0.3, -0.25) is 9.59 Å². The topological polar surface area (TPSA) is 80.6 Å². The first-order valence-corrected chi connectivity index (χ1v) is 10.8. The van der Waals surface area contributed by atoms with Gasteiger partial charge in [0.25, 0.3) is 11.8 Å². The molecule has 0 spiro atoms. The van der Waals surface area contributed by atoms with Crippen LogP contribution in [-0.2, 0) is 17.9 Å². The SMILES string of the molecule is Cc1ccc(C(=O)N2CCN(C(=O)c3nnn4c3CO[C@@H](c3ccccc3)C4)CC2)cc1. The minimum Gasteiger partial charge on any atom is -0.365 e. The van der Waals surface area contributed by atoms with Crippen molar-refractivity contribution in [3.05, 3.63) is 82.7 Å². The lowest BCUT2D eigenvalue weighted by Gasteiger charge is -2.34. The van der Waals surface area contributed by atoms with Crippen LogP contribution in [-0.4, -0.2) is 62.8 Å². The summed E-state index contributed by atoms with van der Waals surface area (Å²) in [6, 6.07) is 17.5. The maximum Gasteiger partial charge on any atom is 0.276 e. The number of benzene rings is 2. The van der Waals surface area contributed by atoms with Gasteiger partial charge < -0.3 is 14.5 Å². The van der Waals surface area contributed by atoms with E-state index in [0.717, 1.165) is 11.1 Å². The molecule has 2 aliphatic heterocycles. The van der Waals surface area contributed by atoms with E-state index < -0.39 is 0 Å². The van der Waals surface area contributed by atoms with Crippen molar-refractivity contribution in [1.82, 2.24) is 24.8 Å². The van der Waals surface area contributed by atoms with E-state index in [9.17, 15) is 9.59 Å². The van der Waals surface area contributed by atoms with Gasteiger partial charge in [0, 0.05) is 31.7 Å². The lowest BCUT2D eigenvalue weighted by molar-refractivity contribution is -0.00202. The van der Waals surface area contributed by atoms with Gasteiger partial charge in [0.1, 0.15) is 6.10 Å². The lowest BCUT2D eigenvalue weighted by atomic mass is 10.1. The Bertz CT molecular complexity index is 1120. The predicted octanol–water partition coefficient (Wildman–Crippen LogP) is 2.46. The Labute approximate surface area is 186 Å². The summed E-state index contributed by atoms with van der Waals surface area (Å²) < 4.78 is 7.78. The highest BCUT2D eigenvalue weighted by Gasteiger charge is 2.32. The molecule has 164 valence electrons. The van der Waals surface area contributed by atoms with Crippen molar-refractivity contribution in [3.63, 3.8) is 0 Å². The number of nitrogens with zero attached hydrogens (tertiary/aromatic N) is 5. The highest BCUT2D eigenvalue weighted by Crippen LogP contribution is 2.27. The van der Waals surface area contributed by atoms with Crippen LogP contribution in [0.1, 0.15) is 43.8 Å². The summed E-state index contributed by atoms with van der Waals surface area (Å²) in [4.78, 5) is 29.4. The molecule has 5 rings (SSSR count). The Morgan fingerprint density at radius 2 is 1.56 bits per heavy atom. The Morgan fingerprint density at radius 1 is 0.906 bits per heavy atom. The molecule has 0 bridgehead atoms. The molecule has 0 aliphatic carbocycles. The number of amides is 2. The van der Waals surface area contributed by atoms with Gasteiger partial charge in [-0.05, 0) is 24.6 Å². The van der Waals surface area contributed by atoms with E-state index in [1.165, 1.54) is 0 Å². The number of ether oxygens (including phenoxy) is 1. The van der Waals surface area contributed by atoms with Gasteiger partial charge in [-0.1, -0.05) is 53.2 Å². The fourth-order valence-corrected chi connectivity index (χ4v) is 4.19. The van der Waals surface area contributed by atoms with Crippen molar-refractivity contribution in [2.45, 2.75) is 26.2 Å². The molecule has 0 saturated carbocycles. The summed E-state index contributed by atoms with van der Waals surface area (Å²) in [5, 5.41) is 8.39. The molecule has 2 amide bonds. The standard InChI is InChI=1S/C24H25N5O3/c1-17-7-9-19(10-8-17)23(30)27-11-13-28(14-12-27)24(31)22-20-16-32-21(15-29(20)26-25-22)18-5-3-2-4-6-18/h2-10,21H,11-16H2,1H3/t21-/m1/s1. The van der Waals surface area contributed by atoms with Crippen molar-refractivity contribution in [2.75, 3.05) is 26.2 Å². The summed E-state index contributed by atoms with van der Waals surface area (Å²) in [7, 11) is 0. The van der Waals surface area contributed by atoms with E-state index in [0.29, 0.717) is 56.3 Å². The van der Waals surface area contributed by atoms with Crippen molar-refractivity contribution < 1.29 is 14.3 Å². The van der Waals surface area contributed by atoms with E-state index in [2.05, 4.69) is 10.3 Å². The van der Waals surface area contributed by atoms with Crippen LogP contribution in [0.15, 0.2) is 54.6 Å². The third kappa shape index (κ3) is 3.89. The summed E-state index contributed by atoms with van der Waals surface area (Å²) in [6.07, 6.45) is -0.107. The molecule has 3 aromatic rings. The van der Waals surface area contributed by atoms with Gasteiger partial charge in [0.2, 0.25) is 0 Å². The third-order valence-corrected chi connectivity index (χ3v) is 6.12. The number of carbonyl (C=O) groups excluding carboxylic acids is 2. The molecule has 1 fully saturated rings. The zero-order chi connectivity index (χ0) is 22.1. The second-order valence-electron chi connectivity index (χ2n) is 8.23. The minimum atomic E-state index is -0.157. The van der Waals surface area contributed by atoms with Gasteiger partial charge in [-0.2, -0.15) is 0 Å². The molecule has 1 atom stereocenters. The Kier molecular flexibility index (Phi) is 5.45. The zero-order valence-corrected chi connectivity index (χ0v) is 18.0. The molecule has 3 heterocycles. The van der Waals surface area contributed by atoms with Gasteiger partial charge in [0.05, 0.1) is 18.8 Å². The summed E-state index contributed by atoms with van der Waals surface area (Å²) >= 11 is 0. The monoisotopic (exact) mass is 431 g/mol. The number of carbonyl (C=O) groups is 2. The van der Waals surface area contributed by atoms with Crippen molar-refractivity contribution in [2.24, 2.45) is 0 Å². The molecule has 8 heteroatoms. The number of hydrogen-bond acceptors (Lipinski definition) is 5. The average molecular weight is 431 g/mol. The first-order chi connectivity index (χ1) is 15.6. The Hall–Kier alpha value is -3.52. The van der Waals surface area contributed by atoms with E-state index in [4.69, 9.17) is 4.74 Å². The van der Waals surface area contributed by atoms with Crippen LogP contribution >= 0.6 is 0 Å². The van der Waals surface area contributed by atoms with Crippen LogP contribution in [0.5, 0.6) is 0 Å². The molecule has 1 aromatic heterocycles. The smallest absolute Gasteiger partial charge is 0.276 e. The van der Waals surface area contributed by atoms with Crippen LogP contribution < -0.4 is 0 Å². The van der Waals surface area contributed by atoms with Gasteiger partial charge in [-0.25, -0.2) is 4.68 Å². The third-order valence-electron chi connectivity index (χ3n) is 6.12. The van der Waals surface area contributed by atoms with Crippen LogP contribution in [0.25, 0.3) is 0 Å². The molecule has 8 nitrogen and oxygen atoms in total. The number of piperazine rings is 1. The maximum atomic E-state index is 13.1.